The molecule has 0 spiro atoms. The third-order valence-electron chi connectivity index (χ3n) is 3.57. The van der Waals surface area contributed by atoms with Gasteiger partial charge in [0.25, 0.3) is 0 Å². The predicted octanol–water partition coefficient (Wildman–Crippen LogP) is 3.75. The average Bonchev–Trinajstić information content (AvgIpc) is 2.35. The molecular formula is C14H22N2. The average molecular weight is 218 g/mol. The molecule has 2 nitrogen and oxygen atoms in total. The van der Waals surface area contributed by atoms with Gasteiger partial charge in [0.2, 0.25) is 0 Å². The molecule has 0 saturated carbocycles. The van der Waals surface area contributed by atoms with Crippen molar-refractivity contribution in [3.8, 4) is 0 Å². The normalized spacial score (nSPS) is 24.9. The number of hydrogen-bond donors (Lipinski definition) is 0. The van der Waals surface area contributed by atoms with Gasteiger partial charge in [-0.3, -0.25) is 0 Å². The maximum Gasteiger partial charge on any atom is 0.0676 e. The summed E-state index contributed by atoms with van der Waals surface area (Å²) in [6, 6.07) is 2.23. The van der Waals surface area contributed by atoms with Crippen LogP contribution in [0, 0.1) is 10.8 Å². The first-order chi connectivity index (χ1) is 7.21. The monoisotopic (exact) mass is 218 g/mol. The second kappa shape index (κ2) is 3.28. The summed E-state index contributed by atoms with van der Waals surface area (Å²) in [7, 11) is 0. The fraction of sp³-hybridized carbons (Fsp3) is 0.714. The molecule has 0 aliphatic heterocycles. The molecule has 2 rings (SSSR count). The zero-order valence-corrected chi connectivity index (χ0v) is 11.2. The molecule has 2 heteroatoms. The van der Waals surface area contributed by atoms with Gasteiger partial charge in [0.15, 0.2) is 0 Å². The fourth-order valence-electron chi connectivity index (χ4n) is 3.03. The first-order valence-corrected chi connectivity index (χ1v) is 6.04. The van der Waals surface area contributed by atoms with Crippen LogP contribution in [-0.4, -0.2) is 10.2 Å². The molecule has 16 heavy (non-hydrogen) atoms. The van der Waals surface area contributed by atoms with Gasteiger partial charge in [-0.05, 0) is 28.4 Å². The van der Waals surface area contributed by atoms with E-state index in [1.165, 1.54) is 11.3 Å². The minimum absolute atomic E-state index is 0.239. The second-order valence-electron chi connectivity index (χ2n) is 7.10. The van der Waals surface area contributed by atoms with Crippen molar-refractivity contribution in [3.63, 3.8) is 0 Å². The minimum Gasteiger partial charge on any atom is -0.159 e. The Morgan fingerprint density at radius 3 is 2.00 bits per heavy atom. The molecule has 0 N–H and O–H groups in total. The predicted molar refractivity (Wildman–Crippen MR) is 66.4 cm³/mol. The zero-order chi connectivity index (χ0) is 12.1. The molecule has 1 aromatic rings. The number of fused-ring (bicyclic) bond motifs is 2. The van der Waals surface area contributed by atoms with Gasteiger partial charge in [0.1, 0.15) is 0 Å². The maximum atomic E-state index is 4.31. The van der Waals surface area contributed by atoms with Crippen molar-refractivity contribution < 1.29 is 0 Å². The van der Waals surface area contributed by atoms with Crippen LogP contribution in [0.15, 0.2) is 12.3 Å². The van der Waals surface area contributed by atoms with E-state index in [9.17, 15) is 0 Å². The summed E-state index contributed by atoms with van der Waals surface area (Å²) in [4.78, 5) is 0. The molecule has 2 bridgehead atoms. The van der Waals surface area contributed by atoms with E-state index in [1.807, 2.05) is 6.20 Å². The summed E-state index contributed by atoms with van der Waals surface area (Å²) in [6.45, 7) is 13.8. The lowest BCUT2D eigenvalue weighted by atomic mass is 9.64. The van der Waals surface area contributed by atoms with Gasteiger partial charge in [0.05, 0.1) is 11.9 Å². The molecule has 1 aliphatic carbocycles. The lowest BCUT2D eigenvalue weighted by Crippen LogP contribution is -2.29. The molecule has 2 unspecified atom stereocenters. The first kappa shape index (κ1) is 11.6. The highest BCUT2D eigenvalue weighted by Crippen LogP contribution is 2.55. The van der Waals surface area contributed by atoms with E-state index in [1.54, 1.807) is 0 Å². The third-order valence-corrected chi connectivity index (χ3v) is 3.57. The van der Waals surface area contributed by atoms with E-state index in [0.29, 0.717) is 11.8 Å². The number of nitrogens with zero attached hydrogens (tertiary/aromatic N) is 2. The molecule has 88 valence electrons. The number of aromatic nitrogens is 2. The summed E-state index contributed by atoms with van der Waals surface area (Å²) in [5.41, 5.74) is 3.03. The van der Waals surface area contributed by atoms with Gasteiger partial charge in [-0.15, -0.1) is 0 Å². The summed E-state index contributed by atoms with van der Waals surface area (Å²) < 4.78 is 0. The smallest absolute Gasteiger partial charge is 0.0676 e. The molecule has 1 heterocycles. The minimum atomic E-state index is 0.239. The molecule has 0 aromatic carbocycles. The van der Waals surface area contributed by atoms with Crippen LogP contribution in [0.1, 0.15) is 64.6 Å². The van der Waals surface area contributed by atoms with E-state index >= 15 is 0 Å². The van der Waals surface area contributed by atoms with Gasteiger partial charge >= 0.3 is 0 Å². The Labute approximate surface area is 98.5 Å². The van der Waals surface area contributed by atoms with Crippen LogP contribution in [-0.2, 0) is 0 Å². The number of hydrogen-bond acceptors (Lipinski definition) is 2. The molecule has 0 radical (unpaired) electrons. The highest BCUT2D eigenvalue weighted by Gasteiger charge is 2.45. The van der Waals surface area contributed by atoms with Gasteiger partial charge in [-0.25, -0.2) is 0 Å². The van der Waals surface area contributed by atoms with Crippen LogP contribution < -0.4 is 0 Å². The highest BCUT2D eigenvalue weighted by molar-refractivity contribution is 5.35. The molecule has 0 saturated heterocycles. The van der Waals surface area contributed by atoms with Crippen molar-refractivity contribution in [3.05, 3.63) is 23.5 Å². The molecule has 1 aromatic heterocycles. The zero-order valence-electron chi connectivity index (χ0n) is 11.2. The van der Waals surface area contributed by atoms with Crippen molar-refractivity contribution in [2.45, 2.75) is 53.4 Å². The van der Waals surface area contributed by atoms with Crippen LogP contribution in [0.5, 0.6) is 0 Å². The van der Waals surface area contributed by atoms with E-state index in [2.05, 4.69) is 57.8 Å². The lowest BCUT2D eigenvalue weighted by Gasteiger charge is -2.39. The molecule has 1 aliphatic rings. The molecular weight excluding hydrogens is 196 g/mol. The highest BCUT2D eigenvalue weighted by atomic mass is 15.1. The Hall–Kier alpha value is -0.920. The van der Waals surface area contributed by atoms with Crippen molar-refractivity contribution in [2.75, 3.05) is 0 Å². The SMILES string of the molecule is CC(C)(C)C1c2cnnc(c2)C1C(C)(C)C. The second-order valence-corrected chi connectivity index (χ2v) is 7.10. The quantitative estimate of drug-likeness (QED) is 0.662. The lowest BCUT2D eigenvalue weighted by molar-refractivity contribution is 0.193. The van der Waals surface area contributed by atoms with E-state index < -0.39 is 0 Å². The van der Waals surface area contributed by atoms with Crippen molar-refractivity contribution in [2.24, 2.45) is 10.8 Å². The van der Waals surface area contributed by atoms with Crippen molar-refractivity contribution >= 4 is 0 Å². The standard InChI is InChI=1S/C14H22N2/c1-13(2,3)11-9-7-10(16-15-8-9)12(11)14(4,5)6/h7-8,11-12H,1-6H3. The Kier molecular flexibility index (Phi) is 2.37. The molecule has 0 amide bonds. The van der Waals surface area contributed by atoms with Crippen molar-refractivity contribution in [1.82, 2.24) is 10.2 Å². The van der Waals surface area contributed by atoms with Gasteiger partial charge < -0.3 is 0 Å². The molecule has 2 atom stereocenters. The Balaban J connectivity index is 2.51. The maximum absolute atomic E-state index is 4.31. The summed E-state index contributed by atoms with van der Waals surface area (Å²) in [5, 5.41) is 8.43. The summed E-state index contributed by atoms with van der Waals surface area (Å²) in [5.74, 6) is 1.03. The molecule has 0 fully saturated rings. The van der Waals surface area contributed by atoms with Gasteiger partial charge in [-0.1, -0.05) is 41.5 Å². The largest absolute Gasteiger partial charge is 0.159 e. The van der Waals surface area contributed by atoms with E-state index in [4.69, 9.17) is 0 Å². The van der Waals surface area contributed by atoms with Crippen LogP contribution in [0.2, 0.25) is 0 Å². The van der Waals surface area contributed by atoms with Crippen LogP contribution in [0.3, 0.4) is 0 Å². The van der Waals surface area contributed by atoms with Crippen LogP contribution >= 0.6 is 0 Å². The summed E-state index contributed by atoms with van der Waals surface area (Å²) >= 11 is 0. The van der Waals surface area contributed by atoms with E-state index in [0.717, 1.165) is 0 Å². The Morgan fingerprint density at radius 2 is 1.50 bits per heavy atom. The van der Waals surface area contributed by atoms with Gasteiger partial charge in [-0.2, -0.15) is 10.2 Å². The summed E-state index contributed by atoms with van der Waals surface area (Å²) in [6.07, 6.45) is 1.94. The third kappa shape index (κ3) is 1.74. The fourth-order valence-corrected chi connectivity index (χ4v) is 3.03. The number of rotatable bonds is 0. The van der Waals surface area contributed by atoms with Crippen LogP contribution in [0.4, 0.5) is 0 Å². The Morgan fingerprint density at radius 1 is 0.938 bits per heavy atom. The topological polar surface area (TPSA) is 25.8 Å². The van der Waals surface area contributed by atoms with Crippen LogP contribution in [0.25, 0.3) is 0 Å². The van der Waals surface area contributed by atoms with E-state index in [-0.39, 0.29) is 10.8 Å². The van der Waals surface area contributed by atoms with Crippen molar-refractivity contribution in [1.29, 1.82) is 0 Å². The van der Waals surface area contributed by atoms with Gasteiger partial charge in [0, 0.05) is 5.92 Å². The Bertz CT molecular complexity index is 361. The first-order valence-electron chi connectivity index (χ1n) is 6.04.